The van der Waals surface area contributed by atoms with Gasteiger partial charge in [-0.3, -0.25) is 24.1 Å². The third kappa shape index (κ3) is 5.79. The highest BCUT2D eigenvalue weighted by Gasteiger charge is 2.34. The summed E-state index contributed by atoms with van der Waals surface area (Å²) in [5.74, 6) is -3.78. The van der Waals surface area contributed by atoms with Gasteiger partial charge < -0.3 is 10.6 Å². The minimum absolute atomic E-state index is 0.0184. The number of nitrogens with one attached hydrogen (secondary N) is 2. The van der Waals surface area contributed by atoms with E-state index in [4.69, 9.17) is 0 Å². The summed E-state index contributed by atoms with van der Waals surface area (Å²) in [4.78, 5) is 49.7. The molecule has 7 nitrogen and oxygen atoms in total. The van der Waals surface area contributed by atoms with Crippen molar-refractivity contribution in [2.75, 3.05) is 19.6 Å². The SMILES string of the molecule is Cc1ccc(/C=C2/SC(=O)N(CCNC(=O)CNC(=O)c3ccc(F)cc3F)C2=O)cc1. The molecular weight excluding hydrogens is 440 g/mol. The standard InChI is InChI=1S/C22H19F2N3O4S/c1-13-2-4-14(5-3-13)10-18-21(30)27(22(31)32-18)9-8-25-19(28)12-26-20(29)16-7-6-15(23)11-17(16)24/h2-7,10-11H,8-9,12H2,1H3,(H,25,28)(H,26,29)/b18-10+. The van der Waals surface area contributed by atoms with Crippen LogP contribution in [-0.2, 0) is 9.59 Å². The maximum atomic E-state index is 13.6. The number of amides is 4. The molecule has 0 atom stereocenters. The Morgan fingerprint density at radius 3 is 2.47 bits per heavy atom. The maximum absolute atomic E-state index is 13.6. The molecule has 10 heteroatoms. The van der Waals surface area contributed by atoms with Crippen molar-refractivity contribution in [3.8, 4) is 0 Å². The molecule has 4 amide bonds. The Balaban J connectivity index is 1.46. The molecule has 0 radical (unpaired) electrons. The Kier molecular flexibility index (Phi) is 7.37. The van der Waals surface area contributed by atoms with Crippen LogP contribution in [-0.4, -0.2) is 47.5 Å². The molecule has 0 saturated carbocycles. The van der Waals surface area contributed by atoms with Gasteiger partial charge in [0.2, 0.25) is 5.91 Å². The number of rotatable bonds is 7. The van der Waals surface area contributed by atoms with Crippen LogP contribution in [0.15, 0.2) is 47.4 Å². The van der Waals surface area contributed by atoms with Gasteiger partial charge in [-0.2, -0.15) is 0 Å². The molecule has 2 aromatic carbocycles. The molecule has 1 saturated heterocycles. The molecule has 1 heterocycles. The fourth-order valence-electron chi connectivity index (χ4n) is 2.81. The molecule has 0 spiro atoms. The van der Waals surface area contributed by atoms with Crippen LogP contribution in [0.3, 0.4) is 0 Å². The van der Waals surface area contributed by atoms with E-state index in [9.17, 15) is 28.0 Å². The number of carbonyl (C=O) groups is 4. The normalized spacial score (nSPS) is 14.7. The first kappa shape index (κ1) is 23.1. The molecule has 1 aliphatic rings. The smallest absolute Gasteiger partial charge is 0.293 e. The molecule has 0 unspecified atom stereocenters. The van der Waals surface area contributed by atoms with Gasteiger partial charge >= 0.3 is 0 Å². The van der Waals surface area contributed by atoms with Crippen molar-refractivity contribution in [3.05, 3.63) is 75.7 Å². The lowest BCUT2D eigenvalue weighted by atomic mass is 10.1. The van der Waals surface area contributed by atoms with Gasteiger partial charge in [-0.15, -0.1) is 0 Å². The highest BCUT2D eigenvalue weighted by Crippen LogP contribution is 2.31. The quantitative estimate of drug-likeness (QED) is 0.621. The lowest BCUT2D eigenvalue weighted by Crippen LogP contribution is -2.41. The van der Waals surface area contributed by atoms with Crippen molar-refractivity contribution in [1.29, 1.82) is 0 Å². The molecule has 2 aromatic rings. The third-order valence-corrected chi connectivity index (χ3v) is 5.40. The maximum Gasteiger partial charge on any atom is 0.293 e. The van der Waals surface area contributed by atoms with Crippen LogP contribution >= 0.6 is 11.8 Å². The summed E-state index contributed by atoms with van der Waals surface area (Å²) in [6, 6.07) is 9.96. The first-order valence-electron chi connectivity index (χ1n) is 9.56. The fourth-order valence-corrected chi connectivity index (χ4v) is 3.67. The van der Waals surface area contributed by atoms with Crippen LogP contribution in [0.1, 0.15) is 21.5 Å². The van der Waals surface area contributed by atoms with E-state index in [1.165, 1.54) is 0 Å². The Morgan fingerprint density at radius 1 is 1.06 bits per heavy atom. The molecule has 3 rings (SSSR count). The van der Waals surface area contributed by atoms with Gasteiger partial charge in [0, 0.05) is 19.2 Å². The Labute approximate surface area is 186 Å². The second-order valence-electron chi connectivity index (χ2n) is 6.90. The molecule has 2 N–H and O–H groups in total. The Morgan fingerprint density at radius 2 is 1.78 bits per heavy atom. The van der Waals surface area contributed by atoms with E-state index in [1.807, 2.05) is 31.2 Å². The summed E-state index contributed by atoms with van der Waals surface area (Å²) in [5, 5.41) is 4.25. The number of imide groups is 1. The van der Waals surface area contributed by atoms with Crippen LogP contribution in [0.25, 0.3) is 6.08 Å². The highest BCUT2D eigenvalue weighted by molar-refractivity contribution is 8.18. The van der Waals surface area contributed by atoms with E-state index in [1.54, 1.807) is 6.08 Å². The van der Waals surface area contributed by atoms with Crippen molar-refractivity contribution in [2.24, 2.45) is 0 Å². The summed E-state index contributed by atoms with van der Waals surface area (Å²) in [7, 11) is 0. The predicted molar refractivity (Wildman–Crippen MR) is 116 cm³/mol. The Hall–Kier alpha value is -3.53. The second-order valence-corrected chi connectivity index (χ2v) is 7.89. The topological polar surface area (TPSA) is 95.6 Å². The number of aryl methyl sites for hydroxylation is 1. The van der Waals surface area contributed by atoms with Gasteiger partial charge in [0.1, 0.15) is 11.6 Å². The summed E-state index contributed by atoms with van der Waals surface area (Å²) in [6.07, 6.45) is 1.63. The van der Waals surface area contributed by atoms with E-state index < -0.39 is 46.7 Å². The monoisotopic (exact) mass is 459 g/mol. The number of halogens is 2. The fraction of sp³-hybridized carbons (Fsp3) is 0.182. The predicted octanol–water partition coefficient (Wildman–Crippen LogP) is 2.86. The van der Waals surface area contributed by atoms with E-state index in [2.05, 4.69) is 10.6 Å². The van der Waals surface area contributed by atoms with Gasteiger partial charge in [0.05, 0.1) is 17.0 Å². The van der Waals surface area contributed by atoms with Gasteiger partial charge in [-0.05, 0) is 42.5 Å². The molecule has 0 aliphatic carbocycles. The molecule has 0 bridgehead atoms. The van der Waals surface area contributed by atoms with Crippen molar-refractivity contribution in [3.63, 3.8) is 0 Å². The summed E-state index contributed by atoms with van der Waals surface area (Å²) in [5.41, 5.74) is 1.48. The van der Waals surface area contributed by atoms with Crippen LogP contribution in [0, 0.1) is 18.6 Å². The number of benzene rings is 2. The zero-order chi connectivity index (χ0) is 23.3. The van der Waals surface area contributed by atoms with E-state index in [0.29, 0.717) is 11.0 Å². The van der Waals surface area contributed by atoms with Crippen LogP contribution in [0.5, 0.6) is 0 Å². The number of hydrogen-bond donors (Lipinski definition) is 2. The molecular formula is C22H19F2N3O4S. The van der Waals surface area contributed by atoms with Crippen molar-refractivity contribution >= 4 is 40.8 Å². The van der Waals surface area contributed by atoms with Gasteiger partial charge in [-0.25, -0.2) is 8.78 Å². The second kappa shape index (κ2) is 10.2. The largest absolute Gasteiger partial charge is 0.353 e. The first-order chi connectivity index (χ1) is 15.2. The minimum Gasteiger partial charge on any atom is -0.353 e. The van der Waals surface area contributed by atoms with Gasteiger partial charge in [-0.1, -0.05) is 29.8 Å². The molecule has 166 valence electrons. The van der Waals surface area contributed by atoms with Crippen molar-refractivity contribution in [2.45, 2.75) is 6.92 Å². The highest BCUT2D eigenvalue weighted by atomic mass is 32.2. The van der Waals surface area contributed by atoms with E-state index in [0.717, 1.165) is 39.9 Å². The zero-order valence-electron chi connectivity index (χ0n) is 17.0. The van der Waals surface area contributed by atoms with E-state index >= 15 is 0 Å². The summed E-state index contributed by atoms with van der Waals surface area (Å²) in [6.45, 7) is 1.43. The van der Waals surface area contributed by atoms with Crippen LogP contribution in [0.2, 0.25) is 0 Å². The number of hydrogen-bond acceptors (Lipinski definition) is 5. The number of nitrogens with zero attached hydrogens (tertiary/aromatic N) is 1. The van der Waals surface area contributed by atoms with Crippen molar-refractivity contribution in [1.82, 2.24) is 15.5 Å². The number of carbonyl (C=O) groups excluding carboxylic acids is 4. The molecule has 0 aromatic heterocycles. The Bertz CT molecular complexity index is 1100. The lowest BCUT2D eigenvalue weighted by molar-refractivity contribution is -0.124. The number of thioether (sulfide) groups is 1. The molecule has 1 aliphatic heterocycles. The zero-order valence-corrected chi connectivity index (χ0v) is 17.8. The van der Waals surface area contributed by atoms with Crippen molar-refractivity contribution < 1.29 is 28.0 Å². The van der Waals surface area contributed by atoms with E-state index in [-0.39, 0.29) is 13.1 Å². The summed E-state index contributed by atoms with van der Waals surface area (Å²) < 4.78 is 26.5. The average Bonchev–Trinajstić information content (AvgIpc) is 3.01. The molecule has 32 heavy (non-hydrogen) atoms. The van der Waals surface area contributed by atoms with Crippen LogP contribution < -0.4 is 10.6 Å². The van der Waals surface area contributed by atoms with Crippen LogP contribution in [0.4, 0.5) is 13.6 Å². The minimum atomic E-state index is -1.04. The third-order valence-electron chi connectivity index (χ3n) is 4.49. The van der Waals surface area contributed by atoms with Gasteiger partial charge in [0.15, 0.2) is 0 Å². The van der Waals surface area contributed by atoms with Gasteiger partial charge in [0.25, 0.3) is 17.1 Å². The first-order valence-corrected chi connectivity index (χ1v) is 10.4. The average molecular weight is 459 g/mol. The molecule has 1 fully saturated rings. The summed E-state index contributed by atoms with van der Waals surface area (Å²) >= 11 is 0.820. The lowest BCUT2D eigenvalue weighted by Gasteiger charge is -2.13.